The molecule has 0 aliphatic rings. The number of nitrogens with zero attached hydrogens (tertiary/aromatic N) is 1. The zero-order valence-electron chi connectivity index (χ0n) is 21.7. The van der Waals surface area contributed by atoms with Gasteiger partial charge in [-0.25, -0.2) is 4.99 Å². The SMILES string of the molecule is COc1ccccc1-c1cccc(C(=Nc2c(C(C)C)cccc2C(C)C)c2ccc(C)cc2)c1. The van der Waals surface area contributed by atoms with E-state index in [-0.39, 0.29) is 0 Å². The maximum atomic E-state index is 5.65. The molecule has 178 valence electrons. The van der Waals surface area contributed by atoms with E-state index < -0.39 is 0 Å². The largest absolute Gasteiger partial charge is 0.496 e. The molecule has 0 N–H and O–H groups in total. The lowest BCUT2D eigenvalue weighted by atomic mass is 9.92. The molecule has 4 rings (SSSR count). The lowest BCUT2D eigenvalue weighted by Crippen LogP contribution is -2.05. The molecule has 0 aliphatic carbocycles. The summed E-state index contributed by atoms with van der Waals surface area (Å²) in [7, 11) is 1.72. The second kappa shape index (κ2) is 10.7. The highest BCUT2D eigenvalue weighted by Gasteiger charge is 2.17. The fraction of sp³-hybridized carbons (Fsp3) is 0.242. The Kier molecular flexibility index (Phi) is 7.51. The average molecular weight is 462 g/mol. The van der Waals surface area contributed by atoms with Crippen molar-refractivity contribution in [3.05, 3.63) is 119 Å². The molecule has 4 aromatic rings. The maximum Gasteiger partial charge on any atom is 0.126 e. The van der Waals surface area contributed by atoms with E-state index in [1.807, 2.05) is 18.2 Å². The number of aliphatic imine (C=N–C) groups is 1. The third-order valence-corrected chi connectivity index (χ3v) is 6.45. The van der Waals surface area contributed by atoms with Crippen LogP contribution < -0.4 is 4.74 Å². The Balaban J connectivity index is 1.97. The molecule has 2 nitrogen and oxygen atoms in total. The first-order chi connectivity index (χ1) is 16.9. The molecular formula is C33H35NO. The first-order valence-electron chi connectivity index (χ1n) is 12.4. The van der Waals surface area contributed by atoms with Crippen molar-refractivity contribution in [2.75, 3.05) is 7.11 Å². The van der Waals surface area contributed by atoms with Crippen LogP contribution in [0.25, 0.3) is 11.1 Å². The molecule has 0 spiro atoms. The Hall–Kier alpha value is -3.65. The summed E-state index contributed by atoms with van der Waals surface area (Å²) in [6, 6.07) is 32.1. The number of methoxy groups -OCH3 is 1. The molecule has 0 saturated carbocycles. The zero-order chi connectivity index (χ0) is 24.9. The standard InChI is InChI=1S/C33H35NO/c1-22(2)28-14-10-15-29(23(3)4)33(28)34-32(25-19-17-24(5)18-20-25)27-12-9-11-26(21-27)30-13-7-8-16-31(30)35-6/h7-23H,1-6H3. The van der Waals surface area contributed by atoms with Gasteiger partial charge in [0.25, 0.3) is 0 Å². The average Bonchev–Trinajstić information content (AvgIpc) is 2.87. The Morgan fingerprint density at radius 3 is 1.94 bits per heavy atom. The highest BCUT2D eigenvalue weighted by molar-refractivity contribution is 6.14. The van der Waals surface area contributed by atoms with Crippen LogP contribution in [0.1, 0.15) is 67.3 Å². The third-order valence-electron chi connectivity index (χ3n) is 6.45. The predicted octanol–water partition coefficient (Wildman–Crippen LogP) is 9.09. The number of para-hydroxylation sites is 2. The van der Waals surface area contributed by atoms with E-state index in [2.05, 4.69) is 107 Å². The summed E-state index contributed by atoms with van der Waals surface area (Å²) in [6.07, 6.45) is 0. The number of rotatable bonds is 7. The first kappa shape index (κ1) is 24.5. The second-order valence-electron chi connectivity index (χ2n) is 9.70. The van der Waals surface area contributed by atoms with Crippen LogP contribution in [0, 0.1) is 6.92 Å². The summed E-state index contributed by atoms with van der Waals surface area (Å²) in [5.41, 5.74) is 10.3. The van der Waals surface area contributed by atoms with Crippen molar-refractivity contribution in [1.29, 1.82) is 0 Å². The fourth-order valence-corrected chi connectivity index (χ4v) is 4.48. The van der Waals surface area contributed by atoms with Crippen LogP contribution in [0.4, 0.5) is 5.69 Å². The molecule has 0 heterocycles. The summed E-state index contributed by atoms with van der Waals surface area (Å²) >= 11 is 0. The van der Waals surface area contributed by atoms with Gasteiger partial charge in [-0.2, -0.15) is 0 Å². The molecule has 0 aromatic heterocycles. The van der Waals surface area contributed by atoms with Gasteiger partial charge in [0.05, 0.1) is 18.5 Å². The third kappa shape index (κ3) is 5.38. The molecule has 0 aliphatic heterocycles. The topological polar surface area (TPSA) is 21.6 Å². The number of benzene rings is 4. The molecule has 4 aromatic carbocycles. The van der Waals surface area contributed by atoms with Gasteiger partial charge in [0.2, 0.25) is 0 Å². The van der Waals surface area contributed by atoms with Gasteiger partial charge in [0.1, 0.15) is 5.75 Å². The Bertz CT molecular complexity index is 1300. The minimum absolute atomic E-state index is 0.381. The van der Waals surface area contributed by atoms with Crippen LogP contribution >= 0.6 is 0 Å². The van der Waals surface area contributed by atoms with Crippen molar-refractivity contribution in [1.82, 2.24) is 0 Å². The van der Waals surface area contributed by atoms with Crippen molar-refractivity contribution in [2.45, 2.75) is 46.5 Å². The van der Waals surface area contributed by atoms with Crippen molar-refractivity contribution in [3.63, 3.8) is 0 Å². The van der Waals surface area contributed by atoms with E-state index >= 15 is 0 Å². The highest BCUT2D eigenvalue weighted by atomic mass is 16.5. The van der Waals surface area contributed by atoms with E-state index in [0.29, 0.717) is 11.8 Å². The predicted molar refractivity (Wildman–Crippen MR) is 150 cm³/mol. The molecule has 0 unspecified atom stereocenters. The van der Waals surface area contributed by atoms with E-state index in [1.54, 1.807) is 7.11 Å². The smallest absolute Gasteiger partial charge is 0.126 e. The summed E-state index contributed by atoms with van der Waals surface area (Å²) in [6.45, 7) is 11.1. The van der Waals surface area contributed by atoms with E-state index in [1.165, 1.54) is 16.7 Å². The van der Waals surface area contributed by atoms with Crippen LogP contribution in [-0.2, 0) is 0 Å². The van der Waals surface area contributed by atoms with Gasteiger partial charge < -0.3 is 4.74 Å². The normalized spacial score (nSPS) is 11.8. The molecular weight excluding hydrogens is 426 g/mol. The summed E-state index contributed by atoms with van der Waals surface area (Å²) in [5.74, 6) is 1.63. The van der Waals surface area contributed by atoms with Gasteiger partial charge in [0, 0.05) is 16.7 Å². The van der Waals surface area contributed by atoms with E-state index in [4.69, 9.17) is 9.73 Å². The maximum absolute atomic E-state index is 5.65. The molecule has 0 saturated heterocycles. The molecule has 0 atom stereocenters. The molecule has 0 fully saturated rings. The fourth-order valence-electron chi connectivity index (χ4n) is 4.48. The van der Waals surface area contributed by atoms with Crippen LogP contribution in [0.5, 0.6) is 5.75 Å². The number of ether oxygens (including phenoxy) is 1. The first-order valence-corrected chi connectivity index (χ1v) is 12.4. The van der Waals surface area contributed by atoms with Crippen molar-refractivity contribution in [3.8, 4) is 16.9 Å². The second-order valence-corrected chi connectivity index (χ2v) is 9.70. The Labute approximate surface area is 210 Å². The molecule has 0 amide bonds. The van der Waals surface area contributed by atoms with Gasteiger partial charge in [-0.3, -0.25) is 0 Å². The Morgan fingerprint density at radius 1 is 0.686 bits per heavy atom. The molecule has 2 heteroatoms. The minimum Gasteiger partial charge on any atom is -0.496 e. The van der Waals surface area contributed by atoms with Crippen molar-refractivity contribution in [2.24, 2.45) is 4.99 Å². The van der Waals surface area contributed by atoms with E-state index in [9.17, 15) is 0 Å². The quantitative estimate of drug-likeness (QED) is 0.251. The molecule has 35 heavy (non-hydrogen) atoms. The molecule has 0 bridgehead atoms. The number of aryl methyl sites for hydroxylation is 1. The van der Waals surface area contributed by atoms with Gasteiger partial charge >= 0.3 is 0 Å². The van der Waals surface area contributed by atoms with Crippen molar-refractivity contribution >= 4 is 11.4 Å². The monoisotopic (exact) mass is 461 g/mol. The van der Waals surface area contributed by atoms with Gasteiger partial charge in [-0.05, 0) is 47.6 Å². The van der Waals surface area contributed by atoms with Gasteiger partial charge in [-0.15, -0.1) is 0 Å². The van der Waals surface area contributed by atoms with Crippen LogP contribution in [-0.4, -0.2) is 12.8 Å². The summed E-state index contributed by atoms with van der Waals surface area (Å²) < 4.78 is 5.65. The lowest BCUT2D eigenvalue weighted by Gasteiger charge is -2.18. The van der Waals surface area contributed by atoms with Crippen LogP contribution in [0.2, 0.25) is 0 Å². The number of hydrogen-bond donors (Lipinski definition) is 0. The van der Waals surface area contributed by atoms with Gasteiger partial charge in [0.15, 0.2) is 0 Å². The van der Waals surface area contributed by atoms with E-state index in [0.717, 1.165) is 39.4 Å². The van der Waals surface area contributed by atoms with Gasteiger partial charge in [-0.1, -0.05) is 112 Å². The minimum atomic E-state index is 0.381. The van der Waals surface area contributed by atoms with Crippen LogP contribution in [0.15, 0.2) is 96.0 Å². The molecule has 0 radical (unpaired) electrons. The lowest BCUT2D eigenvalue weighted by molar-refractivity contribution is 0.416. The highest BCUT2D eigenvalue weighted by Crippen LogP contribution is 2.36. The Morgan fingerprint density at radius 2 is 1.31 bits per heavy atom. The summed E-state index contributed by atoms with van der Waals surface area (Å²) in [5, 5.41) is 0. The van der Waals surface area contributed by atoms with Crippen molar-refractivity contribution < 1.29 is 4.74 Å². The van der Waals surface area contributed by atoms with Crippen LogP contribution in [0.3, 0.4) is 0 Å². The summed E-state index contributed by atoms with van der Waals surface area (Å²) in [4.78, 5) is 5.43. The zero-order valence-corrected chi connectivity index (χ0v) is 21.7. The number of hydrogen-bond acceptors (Lipinski definition) is 2.